The summed E-state index contributed by atoms with van der Waals surface area (Å²) in [6.45, 7) is 2.13. The third-order valence-corrected chi connectivity index (χ3v) is 1.73. The van der Waals surface area contributed by atoms with Gasteiger partial charge in [-0.3, -0.25) is 0 Å². The molecule has 0 unspecified atom stereocenters. The number of anilines is 1. The predicted octanol–water partition coefficient (Wildman–Crippen LogP) is 3.05. The Kier molecular flexibility index (Phi) is 3.39. The van der Waals surface area contributed by atoms with Crippen LogP contribution in [0.5, 0.6) is 0 Å². The maximum atomic E-state index is 2.15. The normalized spacial score (nSPS) is 10.5. The van der Waals surface area contributed by atoms with Gasteiger partial charge in [0.1, 0.15) is 0 Å². The van der Waals surface area contributed by atoms with Crippen LogP contribution < -0.4 is 4.90 Å². The van der Waals surface area contributed by atoms with Gasteiger partial charge in [-0.15, -0.1) is 0 Å². The number of hydrogen-bond donors (Lipinski definition) is 0. The van der Waals surface area contributed by atoms with E-state index in [1.165, 1.54) is 5.69 Å². The molecule has 1 rings (SSSR count). The van der Waals surface area contributed by atoms with Crippen LogP contribution in [0.15, 0.2) is 42.6 Å². The van der Waals surface area contributed by atoms with Gasteiger partial charge in [0.05, 0.1) is 0 Å². The Morgan fingerprint density at radius 2 is 1.92 bits per heavy atom. The van der Waals surface area contributed by atoms with Crippen LogP contribution in [0, 0.1) is 0 Å². The van der Waals surface area contributed by atoms with Crippen molar-refractivity contribution in [2.75, 3.05) is 11.9 Å². The summed E-state index contributed by atoms with van der Waals surface area (Å²) in [5.74, 6) is 0. The Balaban J connectivity index is 2.65. The summed E-state index contributed by atoms with van der Waals surface area (Å²) in [7, 11) is 2.06. The lowest BCUT2D eigenvalue weighted by molar-refractivity contribution is 1.15. The number of para-hydroxylation sites is 1. The van der Waals surface area contributed by atoms with Gasteiger partial charge in [-0.05, 0) is 24.8 Å². The predicted molar refractivity (Wildman–Crippen MR) is 54.3 cm³/mol. The number of rotatable bonds is 3. The number of hydrogen-bond acceptors (Lipinski definition) is 1. The highest BCUT2D eigenvalue weighted by molar-refractivity contribution is 5.47. The molecule has 1 aromatic rings. The SMILES string of the molecule is CC/C=C/N(C)c1ccccc1. The Morgan fingerprint density at radius 1 is 1.25 bits per heavy atom. The molecule has 1 heteroatoms. The van der Waals surface area contributed by atoms with Crippen molar-refractivity contribution in [1.29, 1.82) is 0 Å². The van der Waals surface area contributed by atoms with Gasteiger partial charge in [-0.2, -0.15) is 0 Å². The van der Waals surface area contributed by atoms with E-state index in [1.807, 2.05) is 18.2 Å². The van der Waals surface area contributed by atoms with Gasteiger partial charge in [-0.1, -0.05) is 31.2 Å². The van der Waals surface area contributed by atoms with Gasteiger partial charge in [0.25, 0.3) is 0 Å². The maximum absolute atomic E-state index is 2.15. The molecule has 0 aliphatic carbocycles. The third-order valence-electron chi connectivity index (χ3n) is 1.73. The van der Waals surface area contributed by atoms with Crippen LogP contribution in [0.25, 0.3) is 0 Å². The van der Waals surface area contributed by atoms with Crippen molar-refractivity contribution >= 4 is 5.69 Å². The number of nitrogens with zero attached hydrogens (tertiary/aromatic N) is 1. The fraction of sp³-hybridized carbons (Fsp3) is 0.273. The second kappa shape index (κ2) is 4.60. The second-order valence-corrected chi connectivity index (χ2v) is 2.74. The Hall–Kier alpha value is -1.24. The zero-order chi connectivity index (χ0) is 8.81. The molecule has 0 N–H and O–H groups in total. The van der Waals surface area contributed by atoms with E-state index >= 15 is 0 Å². The molecule has 0 saturated carbocycles. The van der Waals surface area contributed by atoms with Crippen LogP contribution in [0.3, 0.4) is 0 Å². The van der Waals surface area contributed by atoms with Crippen LogP contribution in [0.2, 0.25) is 0 Å². The monoisotopic (exact) mass is 161 g/mol. The topological polar surface area (TPSA) is 3.24 Å². The lowest BCUT2D eigenvalue weighted by Gasteiger charge is -2.13. The maximum Gasteiger partial charge on any atom is 0.0403 e. The van der Waals surface area contributed by atoms with E-state index in [-0.39, 0.29) is 0 Å². The summed E-state index contributed by atoms with van der Waals surface area (Å²) in [6, 6.07) is 10.3. The molecule has 0 saturated heterocycles. The molecule has 0 bridgehead atoms. The van der Waals surface area contributed by atoms with Crippen molar-refractivity contribution in [3.05, 3.63) is 42.6 Å². The highest BCUT2D eigenvalue weighted by atomic mass is 15.1. The molecule has 12 heavy (non-hydrogen) atoms. The van der Waals surface area contributed by atoms with Crippen LogP contribution >= 0.6 is 0 Å². The summed E-state index contributed by atoms with van der Waals surface area (Å²) >= 11 is 0. The van der Waals surface area contributed by atoms with E-state index in [2.05, 4.69) is 43.3 Å². The summed E-state index contributed by atoms with van der Waals surface area (Å²) in [4.78, 5) is 2.11. The van der Waals surface area contributed by atoms with Crippen molar-refractivity contribution in [3.8, 4) is 0 Å². The molecule has 0 amide bonds. The third kappa shape index (κ3) is 2.42. The summed E-state index contributed by atoms with van der Waals surface area (Å²) in [5.41, 5.74) is 1.22. The highest BCUT2D eigenvalue weighted by Crippen LogP contribution is 2.10. The Morgan fingerprint density at radius 3 is 2.50 bits per heavy atom. The first-order valence-electron chi connectivity index (χ1n) is 4.29. The quantitative estimate of drug-likeness (QED) is 0.658. The van der Waals surface area contributed by atoms with Crippen LogP contribution in [0.4, 0.5) is 5.69 Å². The van der Waals surface area contributed by atoms with Gasteiger partial charge in [-0.25, -0.2) is 0 Å². The second-order valence-electron chi connectivity index (χ2n) is 2.74. The summed E-state index contributed by atoms with van der Waals surface area (Å²) in [6.07, 6.45) is 5.32. The zero-order valence-electron chi connectivity index (χ0n) is 7.70. The molecule has 64 valence electrons. The van der Waals surface area contributed by atoms with E-state index < -0.39 is 0 Å². The van der Waals surface area contributed by atoms with Gasteiger partial charge in [0.2, 0.25) is 0 Å². The largest absolute Gasteiger partial charge is 0.351 e. The van der Waals surface area contributed by atoms with Crippen molar-refractivity contribution in [2.45, 2.75) is 13.3 Å². The number of allylic oxidation sites excluding steroid dienone is 1. The minimum absolute atomic E-state index is 1.08. The van der Waals surface area contributed by atoms with Crippen molar-refractivity contribution < 1.29 is 0 Å². The lowest BCUT2D eigenvalue weighted by Crippen LogP contribution is -2.06. The zero-order valence-corrected chi connectivity index (χ0v) is 7.70. The van der Waals surface area contributed by atoms with Gasteiger partial charge in [0, 0.05) is 12.7 Å². The molecule has 0 fully saturated rings. The van der Waals surface area contributed by atoms with E-state index in [9.17, 15) is 0 Å². The van der Waals surface area contributed by atoms with Crippen molar-refractivity contribution in [2.24, 2.45) is 0 Å². The smallest absolute Gasteiger partial charge is 0.0403 e. The first-order chi connectivity index (χ1) is 5.84. The van der Waals surface area contributed by atoms with Crippen LogP contribution in [-0.2, 0) is 0 Å². The first-order valence-corrected chi connectivity index (χ1v) is 4.29. The van der Waals surface area contributed by atoms with Crippen LogP contribution in [-0.4, -0.2) is 7.05 Å². The number of benzene rings is 1. The van der Waals surface area contributed by atoms with E-state index in [4.69, 9.17) is 0 Å². The summed E-state index contributed by atoms with van der Waals surface area (Å²) in [5, 5.41) is 0. The summed E-state index contributed by atoms with van der Waals surface area (Å²) < 4.78 is 0. The Bertz CT molecular complexity index is 238. The molecule has 0 aliphatic rings. The van der Waals surface area contributed by atoms with Crippen LogP contribution in [0.1, 0.15) is 13.3 Å². The minimum atomic E-state index is 1.08. The standard InChI is InChI=1S/C11H15N/c1-3-4-10-12(2)11-8-6-5-7-9-11/h4-10H,3H2,1-2H3/b10-4+. The molecule has 0 aliphatic heterocycles. The molecule has 0 heterocycles. The fourth-order valence-corrected chi connectivity index (χ4v) is 1.01. The lowest BCUT2D eigenvalue weighted by atomic mass is 10.3. The molecule has 0 aromatic heterocycles. The highest BCUT2D eigenvalue weighted by Gasteiger charge is 1.91. The van der Waals surface area contributed by atoms with Gasteiger partial charge < -0.3 is 4.90 Å². The molecule has 1 nitrogen and oxygen atoms in total. The van der Waals surface area contributed by atoms with Crippen molar-refractivity contribution in [1.82, 2.24) is 0 Å². The van der Waals surface area contributed by atoms with E-state index in [1.54, 1.807) is 0 Å². The molecule has 0 radical (unpaired) electrons. The minimum Gasteiger partial charge on any atom is -0.351 e. The van der Waals surface area contributed by atoms with E-state index in [0.717, 1.165) is 6.42 Å². The molecule has 0 spiro atoms. The molecular weight excluding hydrogens is 146 g/mol. The first kappa shape index (κ1) is 8.85. The van der Waals surface area contributed by atoms with Gasteiger partial charge in [0.15, 0.2) is 0 Å². The molecular formula is C11H15N. The molecule has 0 atom stereocenters. The van der Waals surface area contributed by atoms with E-state index in [0.29, 0.717) is 0 Å². The average Bonchev–Trinajstić information content (AvgIpc) is 2.15. The molecule has 1 aromatic carbocycles. The Labute approximate surface area is 74.3 Å². The van der Waals surface area contributed by atoms with Gasteiger partial charge >= 0.3 is 0 Å². The van der Waals surface area contributed by atoms with Crippen molar-refractivity contribution in [3.63, 3.8) is 0 Å². The average molecular weight is 161 g/mol. The fourth-order valence-electron chi connectivity index (χ4n) is 1.01.